The highest BCUT2D eigenvalue weighted by Crippen LogP contribution is 2.34. The fourth-order valence-electron chi connectivity index (χ4n) is 4.61. The van der Waals surface area contributed by atoms with E-state index in [2.05, 4.69) is 57.4 Å². The molecule has 1 atom stereocenters. The molecule has 0 spiro atoms. The van der Waals surface area contributed by atoms with Gasteiger partial charge in [0.25, 0.3) is 0 Å². The minimum absolute atomic E-state index is 0.611. The second kappa shape index (κ2) is 13.4. The van der Waals surface area contributed by atoms with E-state index < -0.39 is 16.6 Å². The Morgan fingerprint density at radius 3 is 1.57 bits per heavy atom. The van der Waals surface area contributed by atoms with E-state index in [1.54, 1.807) is 28.4 Å². The van der Waals surface area contributed by atoms with Gasteiger partial charge in [0.2, 0.25) is 0 Å². The molecule has 5 nitrogen and oxygen atoms in total. The molecule has 0 saturated heterocycles. The summed E-state index contributed by atoms with van der Waals surface area (Å²) in [5.74, 6) is 3.16. The molecule has 35 heavy (non-hydrogen) atoms. The minimum Gasteiger partial charge on any atom is -0.493 e. The minimum atomic E-state index is -1.79. The number of methoxy groups -OCH3 is 4. The van der Waals surface area contributed by atoms with Crippen molar-refractivity contribution in [2.45, 2.75) is 76.8 Å². The van der Waals surface area contributed by atoms with Crippen LogP contribution in [-0.2, 0) is 17.0 Å². The first-order chi connectivity index (χ1) is 16.5. The molecule has 196 valence electrons. The lowest BCUT2D eigenvalue weighted by molar-refractivity contribution is 0.354. The van der Waals surface area contributed by atoms with Crippen LogP contribution >= 0.6 is 0 Å². The van der Waals surface area contributed by atoms with Crippen LogP contribution in [0.2, 0.25) is 37.8 Å². The third-order valence-electron chi connectivity index (χ3n) is 6.97. The molecular formula is C28H46O5Si2. The molecule has 0 fully saturated rings. The normalized spacial score (nSPS) is 12.8. The number of benzene rings is 2. The summed E-state index contributed by atoms with van der Waals surface area (Å²) < 4.78 is 28.6. The molecule has 2 aromatic rings. The van der Waals surface area contributed by atoms with Crippen LogP contribution in [0.5, 0.6) is 23.0 Å². The van der Waals surface area contributed by atoms with Gasteiger partial charge in [-0.1, -0.05) is 25.5 Å². The van der Waals surface area contributed by atoms with Crippen molar-refractivity contribution in [3.63, 3.8) is 0 Å². The summed E-state index contributed by atoms with van der Waals surface area (Å²) in [6, 6.07) is 13.6. The monoisotopic (exact) mass is 518 g/mol. The molecule has 0 saturated carbocycles. The van der Waals surface area contributed by atoms with Gasteiger partial charge in [-0.15, -0.1) is 0 Å². The van der Waals surface area contributed by atoms with Gasteiger partial charge in [0, 0.05) is 0 Å². The molecule has 0 aliphatic carbocycles. The summed E-state index contributed by atoms with van der Waals surface area (Å²) in [6.07, 6.45) is 5.54. The predicted molar refractivity (Wildman–Crippen MR) is 151 cm³/mol. The Labute approximate surface area is 215 Å². The maximum absolute atomic E-state index is 6.97. The molecule has 0 aliphatic heterocycles. The van der Waals surface area contributed by atoms with Crippen molar-refractivity contribution in [1.29, 1.82) is 0 Å². The van der Waals surface area contributed by atoms with Crippen molar-refractivity contribution in [1.82, 2.24) is 0 Å². The van der Waals surface area contributed by atoms with Crippen LogP contribution in [-0.4, -0.2) is 45.1 Å². The van der Waals surface area contributed by atoms with E-state index in [-0.39, 0.29) is 0 Å². The van der Waals surface area contributed by atoms with E-state index in [4.69, 9.17) is 23.1 Å². The van der Waals surface area contributed by atoms with Gasteiger partial charge < -0.3 is 23.1 Å². The molecule has 0 N–H and O–H groups in total. The first kappa shape index (κ1) is 29.3. The summed E-state index contributed by atoms with van der Waals surface area (Å²) in [5.41, 5.74) is 3.19. The molecule has 0 amide bonds. The first-order valence-corrected chi connectivity index (χ1v) is 18.8. The Morgan fingerprint density at radius 2 is 1.11 bits per heavy atom. The van der Waals surface area contributed by atoms with Gasteiger partial charge in [-0.3, -0.25) is 0 Å². The van der Waals surface area contributed by atoms with E-state index in [1.165, 1.54) is 17.5 Å². The summed E-state index contributed by atoms with van der Waals surface area (Å²) >= 11 is 0. The SMILES string of the molecule is COc1ccc(CCCC(C)[Si](C)(C)O[Si](C)(C)CCCc2ccc(OC)c(OC)c2)cc1OC. The third-order valence-corrected chi connectivity index (χ3v) is 15.5. The zero-order valence-corrected chi connectivity index (χ0v) is 25.3. The highest BCUT2D eigenvalue weighted by atomic mass is 28.4. The maximum Gasteiger partial charge on any atom is 0.176 e. The Kier molecular flexibility index (Phi) is 11.2. The molecule has 0 aromatic heterocycles. The van der Waals surface area contributed by atoms with Crippen LogP contribution in [0, 0.1) is 0 Å². The van der Waals surface area contributed by atoms with Gasteiger partial charge in [0.1, 0.15) is 0 Å². The first-order valence-electron chi connectivity index (χ1n) is 12.7. The van der Waals surface area contributed by atoms with Crippen molar-refractivity contribution in [2.24, 2.45) is 0 Å². The van der Waals surface area contributed by atoms with Crippen LogP contribution in [0.25, 0.3) is 0 Å². The number of hydrogen-bond donors (Lipinski definition) is 0. The Bertz CT molecular complexity index is 930. The lowest BCUT2D eigenvalue weighted by atomic mass is 10.1. The van der Waals surface area contributed by atoms with E-state index in [9.17, 15) is 0 Å². The van der Waals surface area contributed by atoms with Gasteiger partial charge in [0.15, 0.2) is 39.6 Å². The Hall–Kier alpha value is -1.97. The second-order valence-electron chi connectivity index (χ2n) is 10.5. The van der Waals surface area contributed by atoms with E-state index in [0.29, 0.717) is 5.54 Å². The highest BCUT2D eigenvalue weighted by molar-refractivity contribution is 6.85. The van der Waals surface area contributed by atoms with Gasteiger partial charge in [-0.05, 0) is 98.8 Å². The van der Waals surface area contributed by atoms with Crippen LogP contribution in [0.1, 0.15) is 37.3 Å². The summed E-state index contributed by atoms with van der Waals surface area (Å²) in [4.78, 5) is 0. The molecular weight excluding hydrogens is 472 g/mol. The fourth-order valence-corrected chi connectivity index (χ4v) is 13.5. The average molecular weight is 519 g/mol. The summed E-state index contributed by atoms with van der Waals surface area (Å²) in [6.45, 7) is 11.9. The molecule has 0 heterocycles. The smallest absolute Gasteiger partial charge is 0.176 e. The zero-order valence-electron chi connectivity index (χ0n) is 23.3. The lowest BCUT2D eigenvalue weighted by Crippen LogP contribution is -2.46. The van der Waals surface area contributed by atoms with E-state index in [1.807, 2.05) is 12.1 Å². The van der Waals surface area contributed by atoms with Crippen LogP contribution < -0.4 is 18.9 Å². The molecule has 0 radical (unpaired) electrons. The van der Waals surface area contributed by atoms with Crippen LogP contribution in [0.15, 0.2) is 36.4 Å². The van der Waals surface area contributed by atoms with Gasteiger partial charge in [0.05, 0.1) is 28.4 Å². The van der Waals surface area contributed by atoms with Crippen LogP contribution in [0.3, 0.4) is 0 Å². The van der Waals surface area contributed by atoms with Crippen molar-refractivity contribution in [3.05, 3.63) is 47.5 Å². The van der Waals surface area contributed by atoms with Crippen molar-refractivity contribution < 1.29 is 23.1 Å². The van der Waals surface area contributed by atoms with Gasteiger partial charge in [-0.2, -0.15) is 0 Å². The van der Waals surface area contributed by atoms with Gasteiger partial charge >= 0.3 is 0 Å². The molecule has 0 aliphatic rings. The highest BCUT2D eigenvalue weighted by Gasteiger charge is 2.36. The average Bonchev–Trinajstić information content (AvgIpc) is 2.82. The fraction of sp³-hybridized carbons (Fsp3) is 0.571. The zero-order chi connectivity index (χ0) is 26.1. The number of aryl methyl sites for hydroxylation is 2. The number of rotatable bonds is 15. The quantitative estimate of drug-likeness (QED) is 0.229. The van der Waals surface area contributed by atoms with Gasteiger partial charge in [-0.25, -0.2) is 0 Å². The molecule has 0 bridgehead atoms. The standard InChI is InChI=1S/C28H46O5Si2/c1-22(12-10-13-23-15-17-25(29-2)27(20-23)31-4)35(8,9)33-34(6,7)19-11-14-24-16-18-26(30-3)28(21-24)32-5/h15-18,20-22H,10-14,19H2,1-9H3. The molecule has 1 unspecified atom stereocenters. The molecule has 7 heteroatoms. The summed E-state index contributed by atoms with van der Waals surface area (Å²) in [7, 11) is 3.19. The topological polar surface area (TPSA) is 46.2 Å². The molecule has 2 rings (SSSR count). The third kappa shape index (κ3) is 8.88. The van der Waals surface area contributed by atoms with Crippen molar-refractivity contribution in [3.8, 4) is 23.0 Å². The number of hydrogen-bond acceptors (Lipinski definition) is 5. The lowest BCUT2D eigenvalue weighted by Gasteiger charge is -2.38. The second-order valence-corrected chi connectivity index (χ2v) is 19.5. The van der Waals surface area contributed by atoms with Crippen molar-refractivity contribution >= 4 is 16.6 Å². The van der Waals surface area contributed by atoms with E-state index >= 15 is 0 Å². The van der Waals surface area contributed by atoms with E-state index in [0.717, 1.165) is 54.7 Å². The van der Waals surface area contributed by atoms with Crippen LogP contribution in [0.4, 0.5) is 0 Å². The Morgan fingerprint density at radius 1 is 0.657 bits per heavy atom. The predicted octanol–water partition coefficient (Wildman–Crippen LogP) is 7.49. The molecule has 2 aromatic carbocycles. The maximum atomic E-state index is 6.97. The number of ether oxygens (including phenoxy) is 4. The summed E-state index contributed by atoms with van der Waals surface area (Å²) in [5, 5.41) is 0. The Balaban J connectivity index is 1.84. The largest absolute Gasteiger partial charge is 0.493 e. The van der Waals surface area contributed by atoms with Crippen molar-refractivity contribution in [2.75, 3.05) is 28.4 Å².